The SMILES string of the molecule is O=POc1ccc2c(O)cccc2c1. The van der Waals surface area contributed by atoms with E-state index in [1.54, 1.807) is 30.3 Å². The van der Waals surface area contributed by atoms with Crippen molar-refractivity contribution in [1.29, 1.82) is 0 Å². The van der Waals surface area contributed by atoms with Crippen molar-refractivity contribution < 1.29 is 14.2 Å². The molecule has 2 aromatic rings. The summed E-state index contributed by atoms with van der Waals surface area (Å²) in [4.78, 5) is 0. The van der Waals surface area contributed by atoms with Gasteiger partial charge in [-0.2, -0.15) is 0 Å². The summed E-state index contributed by atoms with van der Waals surface area (Å²) in [5.74, 6) is 0.744. The molecule has 4 heteroatoms. The maximum atomic E-state index is 10.2. The second kappa shape index (κ2) is 3.64. The van der Waals surface area contributed by atoms with Gasteiger partial charge in [0.05, 0.1) is 0 Å². The van der Waals surface area contributed by atoms with Crippen LogP contribution in [0.2, 0.25) is 0 Å². The largest absolute Gasteiger partial charge is 0.507 e. The highest BCUT2D eigenvalue weighted by molar-refractivity contribution is 7.17. The summed E-state index contributed by atoms with van der Waals surface area (Å²) in [5.41, 5.74) is 0. The Labute approximate surface area is 82.2 Å². The molecule has 0 atom stereocenters. The molecule has 0 fully saturated rings. The van der Waals surface area contributed by atoms with E-state index in [1.165, 1.54) is 0 Å². The number of phenols is 1. The molecular formula is C10H7O3P. The molecule has 3 nitrogen and oxygen atoms in total. The third-order valence-electron chi connectivity index (χ3n) is 1.97. The Balaban J connectivity index is 2.61. The third-order valence-corrected chi connectivity index (χ3v) is 2.26. The first-order valence-corrected chi connectivity index (χ1v) is 4.76. The fourth-order valence-corrected chi connectivity index (χ4v) is 1.54. The smallest absolute Gasteiger partial charge is 0.395 e. The van der Waals surface area contributed by atoms with Crippen LogP contribution in [0.3, 0.4) is 0 Å². The number of hydrogen-bond acceptors (Lipinski definition) is 3. The predicted octanol–water partition coefficient (Wildman–Crippen LogP) is 3.13. The molecule has 2 rings (SSSR count). The Bertz CT molecular complexity index is 482. The van der Waals surface area contributed by atoms with Crippen LogP contribution in [0, 0.1) is 0 Å². The lowest BCUT2D eigenvalue weighted by atomic mass is 10.1. The molecule has 0 amide bonds. The summed E-state index contributed by atoms with van der Waals surface area (Å²) in [6.45, 7) is 0. The number of phenolic OH excluding ortho intramolecular Hbond substituents is 1. The summed E-state index contributed by atoms with van der Waals surface area (Å²) in [6, 6.07) is 10.3. The second-order valence-corrected chi connectivity index (χ2v) is 3.16. The van der Waals surface area contributed by atoms with Gasteiger partial charge in [0.15, 0.2) is 0 Å². The lowest BCUT2D eigenvalue weighted by Crippen LogP contribution is -1.77. The average molecular weight is 206 g/mol. The number of hydrogen-bond donors (Lipinski definition) is 1. The molecule has 0 aliphatic carbocycles. The first kappa shape index (κ1) is 8.97. The van der Waals surface area contributed by atoms with Crippen molar-refractivity contribution >= 4 is 19.5 Å². The van der Waals surface area contributed by atoms with Gasteiger partial charge in [0, 0.05) is 5.39 Å². The lowest BCUT2D eigenvalue weighted by molar-refractivity contribution is 0.481. The van der Waals surface area contributed by atoms with Crippen LogP contribution in [-0.2, 0) is 4.57 Å². The van der Waals surface area contributed by atoms with Crippen molar-refractivity contribution in [3.05, 3.63) is 36.4 Å². The summed E-state index contributed by atoms with van der Waals surface area (Å²) in [6.07, 6.45) is 0. The molecule has 0 aromatic heterocycles. The van der Waals surface area contributed by atoms with Gasteiger partial charge in [-0.3, -0.25) is 0 Å². The van der Waals surface area contributed by atoms with Crippen LogP contribution < -0.4 is 4.52 Å². The Kier molecular flexibility index (Phi) is 2.33. The highest BCUT2D eigenvalue weighted by atomic mass is 31.1. The van der Waals surface area contributed by atoms with Crippen LogP contribution >= 0.6 is 8.69 Å². The van der Waals surface area contributed by atoms with Crippen molar-refractivity contribution in [1.82, 2.24) is 0 Å². The molecule has 0 heterocycles. The first-order chi connectivity index (χ1) is 6.81. The van der Waals surface area contributed by atoms with E-state index in [2.05, 4.69) is 0 Å². The van der Waals surface area contributed by atoms with Crippen LogP contribution in [0.25, 0.3) is 10.8 Å². The molecule has 1 N–H and O–H groups in total. The van der Waals surface area contributed by atoms with Gasteiger partial charge < -0.3 is 9.63 Å². The summed E-state index contributed by atoms with van der Waals surface area (Å²) >= 11 is 0. The molecule has 0 radical (unpaired) electrons. The van der Waals surface area contributed by atoms with Gasteiger partial charge in [-0.05, 0) is 29.7 Å². The van der Waals surface area contributed by atoms with Gasteiger partial charge in [0.25, 0.3) is 0 Å². The lowest BCUT2D eigenvalue weighted by Gasteiger charge is -2.01. The van der Waals surface area contributed by atoms with Gasteiger partial charge in [0.1, 0.15) is 11.5 Å². The molecule has 2 aromatic carbocycles. The zero-order chi connectivity index (χ0) is 9.97. The molecule has 0 spiro atoms. The minimum absolute atomic E-state index is 0.230. The number of benzene rings is 2. The predicted molar refractivity (Wildman–Crippen MR) is 53.8 cm³/mol. The van der Waals surface area contributed by atoms with Gasteiger partial charge in [-0.15, -0.1) is 0 Å². The van der Waals surface area contributed by atoms with Crippen LogP contribution in [0.1, 0.15) is 0 Å². The fourth-order valence-electron chi connectivity index (χ4n) is 1.34. The minimum Gasteiger partial charge on any atom is -0.507 e. The first-order valence-electron chi connectivity index (χ1n) is 4.02. The van der Waals surface area contributed by atoms with Crippen LogP contribution in [0.15, 0.2) is 36.4 Å². The van der Waals surface area contributed by atoms with Gasteiger partial charge >= 0.3 is 8.69 Å². The normalized spacial score (nSPS) is 10.6. The van der Waals surface area contributed by atoms with E-state index >= 15 is 0 Å². The Morgan fingerprint density at radius 3 is 2.86 bits per heavy atom. The van der Waals surface area contributed by atoms with Crippen LogP contribution in [0.4, 0.5) is 0 Å². The van der Waals surface area contributed by atoms with Crippen LogP contribution in [-0.4, -0.2) is 5.11 Å². The van der Waals surface area contributed by atoms with E-state index < -0.39 is 0 Å². The maximum Gasteiger partial charge on any atom is 0.395 e. The molecule has 70 valence electrons. The zero-order valence-electron chi connectivity index (χ0n) is 7.18. The third kappa shape index (κ3) is 1.54. The standard InChI is InChI=1S/C10H7O3P/c11-10-3-1-2-7-6-8(13-14-12)4-5-9(7)10/h1-6,11H. The fraction of sp³-hybridized carbons (Fsp3) is 0. The number of aromatic hydroxyl groups is 1. The van der Waals surface area contributed by atoms with Crippen molar-refractivity contribution in [2.45, 2.75) is 0 Å². The second-order valence-electron chi connectivity index (χ2n) is 2.83. The molecule has 14 heavy (non-hydrogen) atoms. The minimum atomic E-state index is -0.377. The summed E-state index contributed by atoms with van der Waals surface area (Å²) in [5, 5.41) is 11.1. The monoisotopic (exact) mass is 206 g/mol. The van der Waals surface area contributed by atoms with E-state index in [1.807, 2.05) is 6.07 Å². The van der Waals surface area contributed by atoms with E-state index in [0.29, 0.717) is 5.75 Å². The van der Waals surface area contributed by atoms with E-state index in [-0.39, 0.29) is 14.4 Å². The van der Waals surface area contributed by atoms with E-state index in [4.69, 9.17) is 4.52 Å². The van der Waals surface area contributed by atoms with Crippen molar-refractivity contribution in [2.75, 3.05) is 0 Å². The number of fused-ring (bicyclic) bond motifs is 1. The zero-order valence-corrected chi connectivity index (χ0v) is 8.07. The quantitative estimate of drug-likeness (QED) is 0.767. The highest BCUT2D eigenvalue weighted by Crippen LogP contribution is 2.28. The summed E-state index contributed by atoms with van der Waals surface area (Å²) in [7, 11) is -0.377. The van der Waals surface area contributed by atoms with Gasteiger partial charge in [-0.25, -0.2) is 4.57 Å². The van der Waals surface area contributed by atoms with E-state index in [9.17, 15) is 9.67 Å². The van der Waals surface area contributed by atoms with Crippen LogP contribution in [0.5, 0.6) is 11.5 Å². The summed E-state index contributed by atoms with van der Waals surface area (Å²) < 4.78 is 15.0. The van der Waals surface area contributed by atoms with Crippen molar-refractivity contribution in [3.63, 3.8) is 0 Å². The van der Waals surface area contributed by atoms with Crippen molar-refractivity contribution in [3.8, 4) is 11.5 Å². The van der Waals surface area contributed by atoms with E-state index in [0.717, 1.165) is 10.8 Å². The Hall–Kier alpha value is -1.60. The molecule has 0 unspecified atom stereocenters. The highest BCUT2D eigenvalue weighted by Gasteiger charge is 2.00. The maximum absolute atomic E-state index is 10.2. The molecule has 0 aliphatic heterocycles. The van der Waals surface area contributed by atoms with Gasteiger partial charge in [0.2, 0.25) is 0 Å². The Morgan fingerprint density at radius 2 is 2.07 bits per heavy atom. The molecule has 0 saturated carbocycles. The molecule has 0 aliphatic rings. The molecule has 0 bridgehead atoms. The Morgan fingerprint density at radius 1 is 1.21 bits per heavy atom. The average Bonchev–Trinajstić information content (AvgIpc) is 2.18. The molecule has 0 saturated heterocycles. The number of rotatable bonds is 2. The topological polar surface area (TPSA) is 46.5 Å². The van der Waals surface area contributed by atoms with Gasteiger partial charge in [-0.1, -0.05) is 12.1 Å². The molecular weight excluding hydrogens is 199 g/mol. The van der Waals surface area contributed by atoms with Crippen molar-refractivity contribution in [2.24, 2.45) is 0 Å².